The molecule has 5 aromatic rings. The maximum atomic E-state index is 13.4. The largest absolute Gasteiger partial charge is 0.433 e. The fourth-order valence-corrected chi connectivity index (χ4v) is 4.32. The van der Waals surface area contributed by atoms with Crippen molar-refractivity contribution in [2.75, 3.05) is 0 Å². The molecule has 1 aromatic carbocycles. The molecule has 0 aliphatic carbocycles. The molecule has 0 radical (unpaired) electrons. The molecule has 0 spiro atoms. The van der Waals surface area contributed by atoms with E-state index >= 15 is 0 Å². The Morgan fingerprint density at radius 1 is 0.944 bits per heavy atom. The van der Waals surface area contributed by atoms with E-state index in [9.17, 15) is 18.0 Å². The Kier molecular flexibility index (Phi) is 5.88. The average Bonchev–Trinajstić information content (AvgIpc) is 3.17. The van der Waals surface area contributed by atoms with Crippen molar-refractivity contribution in [2.45, 2.75) is 26.6 Å². The van der Waals surface area contributed by atoms with Crippen molar-refractivity contribution < 1.29 is 13.2 Å². The van der Waals surface area contributed by atoms with Crippen molar-refractivity contribution in [2.24, 2.45) is 0 Å². The highest BCUT2D eigenvalue weighted by molar-refractivity contribution is 6.30. The highest BCUT2D eigenvalue weighted by Gasteiger charge is 2.32. The van der Waals surface area contributed by atoms with Gasteiger partial charge in [0.05, 0.1) is 6.54 Å². The molecular formula is C26H19ClF3N5O. The van der Waals surface area contributed by atoms with Crippen LogP contribution >= 0.6 is 11.6 Å². The summed E-state index contributed by atoms with van der Waals surface area (Å²) in [6.07, 6.45) is -1.23. The number of aryl methyl sites for hydroxylation is 2. The van der Waals surface area contributed by atoms with E-state index < -0.39 is 17.6 Å². The van der Waals surface area contributed by atoms with Crippen LogP contribution in [0, 0.1) is 13.8 Å². The van der Waals surface area contributed by atoms with E-state index in [4.69, 9.17) is 11.6 Å². The lowest BCUT2D eigenvalue weighted by Crippen LogP contribution is -2.23. The van der Waals surface area contributed by atoms with E-state index in [1.807, 2.05) is 30.3 Å². The molecule has 4 heterocycles. The standard InChI is InChI=1S/C26H19ClF3N5O/c1-15-13-21(17-3-6-20(27)7-4-17)23(18-9-11-31-12-10-18)24-33-34(25(36)35(15)24)14-19-5-8-22(26(28,29)30)32-16(19)2/h3-13H,14H2,1-2H3. The van der Waals surface area contributed by atoms with Crippen LogP contribution in [0.2, 0.25) is 5.02 Å². The van der Waals surface area contributed by atoms with Crippen LogP contribution in [0.4, 0.5) is 13.2 Å². The predicted molar refractivity (Wildman–Crippen MR) is 131 cm³/mol. The number of pyridine rings is 3. The molecule has 5 rings (SSSR count). The minimum absolute atomic E-state index is 0.0248. The summed E-state index contributed by atoms with van der Waals surface area (Å²) in [6.45, 7) is 3.27. The van der Waals surface area contributed by atoms with E-state index in [2.05, 4.69) is 15.1 Å². The summed E-state index contributed by atoms with van der Waals surface area (Å²) in [5, 5.41) is 5.23. The Morgan fingerprint density at radius 3 is 2.28 bits per heavy atom. The summed E-state index contributed by atoms with van der Waals surface area (Å²) in [4.78, 5) is 21.2. The van der Waals surface area contributed by atoms with Crippen LogP contribution in [0.1, 0.15) is 22.6 Å². The number of hydrogen-bond acceptors (Lipinski definition) is 4. The van der Waals surface area contributed by atoms with Gasteiger partial charge in [-0.05, 0) is 72.5 Å². The molecule has 0 saturated heterocycles. The molecule has 0 unspecified atom stereocenters. The quantitative estimate of drug-likeness (QED) is 0.300. The smallest absolute Gasteiger partial charge is 0.265 e. The molecule has 0 N–H and O–H groups in total. The molecular weight excluding hydrogens is 491 g/mol. The van der Waals surface area contributed by atoms with Gasteiger partial charge in [-0.1, -0.05) is 29.8 Å². The first-order chi connectivity index (χ1) is 17.1. The summed E-state index contributed by atoms with van der Waals surface area (Å²) in [7, 11) is 0. The maximum Gasteiger partial charge on any atom is 0.433 e. The molecule has 182 valence electrons. The number of benzene rings is 1. The summed E-state index contributed by atoms with van der Waals surface area (Å²) >= 11 is 6.09. The van der Waals surface area contributed by atoms with Crippen LogP contribution in [0.5, 0.6) is 0 Å². The summed E-state index contributed by atoms with van der Waals surface area (Å²) < 4.78 is 41.9. The van der Waals surface area contributed by atoms with Crippen LogP contribution in [0.15, 0.2) is 71.8 Å². The lowest BCUT2D eigenvalue weighted by molar-refractivity contribution is -0.141. The third-order valence-corrected chi connectivity index (χ3v) is 6.22. The first-order valence-corrected chi connectivity index (χ1v) is 11.3. The average molecular weight is 510 g/mol. The lowest BCUT2D eigenvalue weighted by atomic mass is 9.95. The van der Waals surface area contributed by atoms with Crippen molar-refractivity contribution in [3.63, 3.8) is 0 Å². The van der Waals surface area contributed by atoms with Gasteiger partial charge in [0.1, 0.15) is 5.69 Å². The Morgan fingerprint density at radius 2 is 1.64 bits per heavy atom. The number of nitrogens with zero attached hydrogens (tertiary/aromatic N) is 5. The molecule has 0 fully saturated rings. The molecule has 0 aliphatic rings. The molecule has 0 atom stereocenters. The molecule has 0 aliphatic heterocycles. The van der Waals surface area contributed by atoms with Gasteiger partial charge in [-0.3, -0.25) is 4.98 Å². The van der Waals surface area contributed by atoms with Crippen molar-refractivity contribution in [1.82, 2.24) is 24.1 Å². The minimum Gasteiger partial charge on any atom is -0.265 e. The van der Waals surface area contributed by atoms with Gasteiger partial charge >= 0.3 is 11.9 Å². The lowest BCUT2D eigenvalue weighted by Gasteiger charge is -2.13. The zero-order valence-electron chi connectivity index (χ0n) is 19.2. The summed E-state index contributed by atoms with van der Waals surface area (Å²) in [6, 6.07) is 15.2. The number of fused-ring (bicyclic) bond motifs is 1. The molecule has 6 nitrogen and oxygen atoms in total. The highest BCUT2D eigenvalue weighted by Crippen LogP contribution is 2.36. The fourth-order valence-electron chi connectivity index (χ4n) is 4.19. The van der Waals surface area contributed by atoms with E-state index in [1.165, 1.54) is 22.1 Å². The van der Waals surface area contributed by atoms with Crippen LogP contribution in [0.3, 0.4) is 0 Å². The maximum absolute atomic E-state index is 13.4. The van der Waals surface area contributed by atoms with Gasteiger partial charge in [0.25, 0.3) is 0 Å². The topological polar surface area (TPSA) is 65.1 Å². The second-order valence-electron chi connectivity index (χ2n) is 8.36. The zero-order chi connectivity index (χ0) is 25.6. The molecule has 0 amide bonds. The second kappa shape index (κ2) is 8.91. The van der Waals surface area contributed by atoms with Crippen LogP contribution in [0.25, 0.3) is 27.9 Å². The van der Waals surface area contributed by atoms with Gasteiger partial charge in [0.2, 0.25) is 0 Å². The fraction of sp³-hybridized carbons (Fsp3) is 0.154. The van der Waals surface area contributed by atoms with Gasteiger partial charge in [-0.15, -0.1) is 5.10 Å². The Labute approximate surface area is 208 Å². The van der Waals surface area contributed by atoms with Gasteiger partial charge in [0, 0.05) is 34.4 Å². The van der Waals surface area contributed by atoms with E-state index in [-0.39, 0.29) is 12.2 Å². The van der Waals surface area contributed by atoms with Crippen molar-refractivity contribution in [3.05, 3.63) is 105 Å². The van der Waals surface area contributed by atoms with Crippen molar-refractivity contribution in [1.29, 1.82) is 0 Å². The molecule has 4 aromatic heterocycles. The minimum atomic E-state index is -4.54. The second-order valence-corrected chi connectivity index (χ2v) is 8.79. The third-order valence-electron chi connectivity index (χ3n) is 5.97. The van der Waals surface area contributed by atoms with Gasteiger partial charge in [0.15, 0.2) is 5.65 Å². The number of rotatable bonds is 4. The number of halogens is 4. The van der Waals surface area contributed by atoms with Crippen LogP contribution in [-0.2, 0) is 12.7 Å². The van der Waals surface area contributed by atoms with Crippen molar-refractivity contribution in [3.8, 4) is 22.3 Å². The zero-order valence-corrected chi connectivity index (χ0v) is 20.0. The number of alkyl halides is 3. The first-order valence-electron chi connectivity index (χ1n) is 11.0. The van der Waals surface area contributed by atoms with Gasteiger partial charge in [-0.25, -0.2) is 18.9 Å². The van der Waals surface area contributed by atoms with E-state index in [0.717, 1.165) is 28.3 Å². The third kappa shape index (κ3) is 4.26. The monoisotopic (exact) mass is 509 g/mol. The SMILES string of the molecule is Cc1nc(C(F)(F)F)ccc1Cn1nc2c(-c3ccncc3)c(-c3ccc(Cl)cc3)cc(C)n2c1=O. The predicted octanol–water partition coefficient (Wildman–Crippen LogP) is 5.96. The van der Waals surface area contributed by atoms with Gasteiger partial charge < -0.3 is 0 Å². The van der Waals surface area contributed by atoms with Crippen LogP contribution < -0.4 is 5.69 Å². The molecule has 0 saturated carbocycles. The first kappa shape index (κ1) is 23.7. The van der Waals surface area contributed by atoms with E-state index in [0.29, 0.717) is 21.9 Å². The Hall–Kier alpha value is -3.98. The Balaban J connectivity index is 1.71. The van der Waals surface area contributed by atoms with Gasteiger partial charge in [-0.2, -0.15) is 13.2 Å². The summed E-state index contributed by atoms with van der Waals surface area (Å²) in [5.74, 6) is 0. The summed E-state index contributed by atoms with van der Waals surface area (Å²) in [5.41, 5.74) is 3.63. The van der Waals surface area contributed by atoms with Crippen molar-refractivity contribution >= 4 is 17.2 Å². The Bertz CT molecular complexity index is 1640. The molecule has 0 bridgehead atoms. The number of aromatic nitrogens is 5. The van der Waals surface area contributed by atoms with Crippen LogP contribution in [-0.4, -0.2) is 24.1 Å². The van der Waals surface area contributed by atoms with E-state index in [1.54, 1.807) is 31.5 Å². The number of hydrogen-bond donors (Lipinski definition) is 0. The highest BCUT2D eigenvalue weighted by atomic mass is 35.5. The molecule has 36 heavy (non-hydrogen) atoms. The normalized spacial score (nSPS) is 11.8. The molecule has 10 heteroatoms.